The third-order valence-corrected chi connectivity index (χ3v) is 6.02. The van der Waals surface area contributed by atoms with Gasteiger partial charge in [-0.15, -0.1) is 0 Å². The summed E-state index contributed by atoms with van der Waals surface area (Å²) in [7, 11) is 0. The fraction of sp³-hybridized carbons (Fsp3) is 0.320. The maximum Gasteiger partial charge on any atom is 0.341 e. The quantitative estimate of drug-likeness (QED) is 0.477. The molecule has 0 fully saturated rings. The minimum absolute atomic E-state index is 0.129. The number of hydrogen-bond acceptors (Lipinski definition) is 4. The second kappa shape index (κ2) is 9.36. The van der Waals surface area contributed by atoms with E-state index in [0.717, 1.165) is 52.7 Å². The lowest BCUT2D eigenvalue weighted by molar-refractivity contribution is -0.139. The summed E-state index contributed by atoms with van der Waals surface area (Å²) >= 11 is 0. The molecule has 172 valence electrons. The lowest BCUT2D eigenvalue weighted by atomic mass is 9.92. The Bertz CT molecular complexity index is 1210. The molecule has 3 aromatic rings. The summed E-state index contributed by atoms with van der Waals surface area (Å²) in [6.45, 7) is 1.55. The average molecular weight is 450 g/mol. The van der Waals surface area contributed by atoms with Crippen molar-refractivity contribution in [3.63, 3.8) is 0 Å². The van der Waals surface area contributed by atoms with Gasteiger partial charge in [0.05, 0.1) is 11.4 Å². The second-order valence-corrected chi connectivity index (χ2v) is 8.36. The molecule has 1 heterocycles. The van der Waals surface area contributed by atoms with Crippen LogP contribution in [0.2, 0.25) is 0 Å². The maximum atomic E-state index is 12.4. The highest BCUT2D eigenvalue weighted by molar-refractivity contribution is 5.97. The predicted octanol–water partition coefficient (Wildman–Crippen LogP) is 3.41. The summed E-state index contributed by atoms with van der Waals surface area (Å²) in [6.07, 6.45) is 3.25. The van der Waals surface area contributed by atoms with E-state index in [0.29, 0.717) is 18.7 Å². The second-order valence-electron chi connectivity index (χ2n) is 8.36. The molecule has 8 nitrogen and oxygen atoms in total. The molecule has 0 radical (unpaired) electrons. The van der Waals surface area contributed by atoms with Crippen molar-refractivity contribution >= 4 is 34.4 Å². The number of rotatable bonds is 7. The van der Waals surface area contributed by atoms with Crippen LogP contribution in [0.15, 0.2) is 42.5 Å². The molecule has 1 aliphatic carbocycles. The number of carboxylic acids is 1. The van der Waals surface area contributed by atoms with E-state index in [9.17, 15) is 14.4 Å². The number of aromatic nitrogens is 1. The molecule has 2 aromatic carbocycles. The maximum absolute atomic E-state index is 12.4. The Morgan fingerprint density at radius 1 is 1.15 bits per heavy atom. The third kappa shape index (κ3) is 4.69. The number of carbonyl (C=O) groups excluding carboxylic acids is 2. The number of nitrogens with zero attached hydrogens (tertiary/aromatic N) is 1. The van der Waals surface area contributed by atoms with Crippen molar-refractivity contribution in [1.29, 1.82) is 0 Å². The molecule has 0 saturated carbocycles. The number of fused-ring (bicyclic) bond motifs is 3. The number of nitrogens with two attached hydrogens (primary N) is 1. The Labute approximate surface area is 191 Å². The Kier molecular flexibility index (Phi) is 6.35. The van der Waals surface area contributed by atoms with Crippen molar-refractivity contribution in [2.24, 2.45) is 5.73 Å². The SMILES string of the molecule is CC(=O)Nc1ccc(Cn2c3c(c4c(OCC(=O)O)cccc42)C(C(N)=O)CCCC3)cc1. The first-order valence-electron chi connectivity index (χ1n) is 11.0. The minimum atomic E-state index is -1.07. The van der Waals surface area contributed by atoms with E-state index in [-0.39, 0.29) is 11.8 Å². The number of carbonyl (C=O) groups is 3. The normalized spacial score (nSPS) is 15.5. The Hall–Kier alpha value is -3.81. The number of anilines is 1. The number of primary amides is 1. The highest BCUT2D eigenvalue weighted by Crippen LogP contribution is 2.42. The van der Waals surface area contributed by atoms with Crippen molar-refractivity contribution in [1.82, 2.24) is 4.57 Å². The van der Waals surface area contributed by atoms with E-state index in [1.165, 1.54) is 6.92 Å². The molecule has 1 aliphatic rings. The van der Waals surface area contributed by atoms with Crippen molar-refractivity contribution in [2.45, 2.75) is 45.1 Å². The van der Waals surface area contributed by atoms with Gasteiger partial charge in [0.1, 0.15) is 5.75 Å². The number of hydrogen-bond donors (Lipinski definition) is 3. The van der Waals surface area contributed by atoms with Crippen molar-refractivity contribution in [3.05, 3.63) is 59.3 Å². The van der Waals surface area contributed by atoms with E-state index in [1.54, 1.807) is 6.07 Å². The zero-order valence-electron chi connectivity index (χ0n) is 18.5. The Balaban J connectivity index is 1.84. The van der Waals surface area contributed by atoms with Crippen molar-refractivity contribution in [3.8, 4) is 5.75 Å². The van der Waals surface area contributed by atoms with Gasteiger partial charge in [-0.05, 0) is 54.7 Å². The molecule has 0 bridgehead atoms. The van der Waals surface area contributed by atoms with Gasteiger partial charge in [-0.3, -0.25) is 9.59 Å². The van der Waals surface area contributed by atoms with Gasteiger partial charge in [0.25, 0.3) is 0 Å². The Morgan fingerprint density at radius 2 is 1.91 bits per heavy atom. The molecule has 1 unspecified atom stereocenters. The number of nitrogens with one attached hydrogen (secondary N) is 1. The van der Waals surface area contributed by atoms with Crippen LogP contribution in [0.25, 0.3) is 10.9 Å². The lowest BCUT2D eigenvalue weighted by Crippen LogP contribution is -2.21. The van der Waals surface area contributed by atoms with Crippen molar-refractivity contribution in [2.75, 3.05) is 11.9 Å². The largest absolute Gasteiger partial charge is 0.481 e. The summed E-state index contributed by atoms with van der Waals surface area (Å²) in [4.78, 5) is 34.9. The van der Waals surface area contributed by atoms with Crippen LogP contribution in [0.1, 0.15) is 48.9 Å². The summed E-state index contributed by atoms with van der Waals surface area (Å²) in [5.41, 5.74) is 10.3. The van der Waals surface area contributed by atoms with Crippen LogP contribution in [0.3, 0.4) is 0 Å². The number of benzene rings is 2. The summed E-state index contributed by atoms with van der Waals surface area (Å²) < 4.78 is 7.80. The van der Waals surface area contributed by atoms with Crippen molar-refractivity contribution < 1.29 is 24.2 Å². The van der Waals surface area contributed by atoms with Gasteiger partial charge in [-0.25, -0.2) is 4.79 Å². The van der Waals surface area contributed by atoms with Crippen LogP contribution >= 0.6 is 0 Å². The molecular weight excluding hydrogens is 422 g/mol. The summed E-state index contributed by atoms with van der Waals surface area (Å²) in [5.74, 6) is -1.59. The van der Waals surface area contributed by atoms with Crippen LogP contribution in [-0.2, 0) is 27.3 Å². The fourth-order valence-corrected chi connectivity index (χ4v) is 4.68. The molecule has 1 atom stereocenters. The molecule has 0 aliphatic heterocycles. The molecule has 2 amide bonds. The zero-order valence-corrected chi connectivity index (χ0v) is 18.5. The van der Waals surface area contributed by atoms with Gasteiger partial charge in [-0.1, -0.05) is 24.6 Å². The van der Waals surface area contributed by atoms with Gasteiger partial charge >= 0.3 is 5.97 Å². The van der Waals surface area contributed by atoms with Gasteiger partial charge < -0.3 is 25.5 Å². The minimum Gasteiger partial charge on any atom is -0.481 e. The first kappa shape index (κ1) is 22.4. The van der Waals surface area contributed by atoms with Gasteiger partial charge in [0.15, 0.2) is 6.61 Å². The third-order valence-electron chi connectivity index (χ3n) is 6.02. The smallest absolute Gasteiger partial charge is 0.341 e. The van der Waals surface area contributed by atoms with Gasteiger partial charge in [-0.2, -0.15) is 0 Å². The first-order valence-corrected chi connectivity index (χ1v) is 11.0. The fourth-order valence-electron chi connectivity index (χ4n) is 4.68. The van der Waals surface area contributed by atoms with Crippen LogP contribution in [0, 0.1) is 0 Å². The lowest BCUT2D eigenvalue weighted by Gasteiger charge is -2.14. The number of amides is 2. The van der Waals surface area contributed by atoms with Gasteiger partial charge in [0, 0.05) is 30.2 Å². The molecule has 1 aromatic heterocycles. The molecule has 33 heavy (non-hydrogen) atoms. The van der Waals surface area contributed by atoms with Gasteiger partial charge in [0.2, 0.25) is 11.8 Å². The van der Waals surface area contributed by atoms with Crippen LogP contribution < -0.4 is 15.8 Å². The van der Waals surface area contributed by atoms with Crippen LogP contribution in [0.4, 0.5) is 5.69 Å². The van der Waals surface area contributed by atoms with Crippen LogP contribution in [0.5, 0.6) is 5.75 Å². The molecule has 8 heteroatoms. The number of ether oxygens (including phenoxy) is 1. The van der Waals surface area contributed by atoms with E-state index < -0.39 is 18.5 Å². The number of carboxylic acid groups (broad SMARTS) is 1. The van der Waals surface area contributed by atoms with E-state index in [1.807, 2.05) is 36.4 Å². The summed E-state index contributed by atoms with van der Waals surface area (Å²) in [6, 6.07) is 13.1. The molecule has 0 saturated heterocycles. The predicted molar refractivity (Wildman–Crippen MR) is 124 cm³/mol. The van der Waals surface area contributed by atoms with E-state index in [4.69, 9.17) is 15.6 Å². The Morgan fingerprint density at radius 3 is 2.58 bits per heavy atom. The summed E-state index contributed by atoms with van der Waals surface area (Å²) in [5, 5.41) is 12.6. The average Bonchev–Trinajstić information content (AvgIpc) is 2.92. The highest BCUT2D eigenvalue weighted by atomic mass is 16.5. The standard InChI is InChI=1S/C25H27N3O5/c1-15(29)27-17-11-9-16(10-12-17)13-28-19-6-3-2-5-18(25(26)32)23(19)24-20(28)7-4-8-21(24)33-14-22(30)31/h4,7-12,18H,2-3,5-6,13-14H2,1H3,(H2,26,32)(H,27,29)(H,30,31). The molecule has 0 spiro atoms. The first-order chi connectivity index (χ1) is 15.8. The number of aliphatic carboxylic acids is 1. The topological polar surface area (TPSA) is 124 Å². The highest BCUT2D eigenvalue weighted by Gasteiger charge is 2.31. The zero-order chi connectivity index (χ0) is 23.5. The van der Waals surface area contributed by atoms with Crippen LogP contribution in [-0.4, -0.2) is 34.1 Å². The molecule has 4 N–H and O–H groups in total. The molecule has 4 rings (SSSR count). The molecular formula is C25H27N3O5. The monoisotopic (exact) mass is 449 g/mol. The van der Waals surface area contributed by atoms with E-state index >= 15 is 0 Å². The van der Waals surface area contributed by atoms with E-state index in [2.05, 4.69) is 9.88 Å².